The van der Waals surface area contributed by atoms with Crippen LogP contribution in [0.2, 0.25) is 0 Å². The molecule has 6 nitrogen and oxygen atoms in total. The summed E-state index contributed by atoms with van der Waals surface area (Å²) in [6.07, 6.45) is 0.859. The van der Waals surface area contributed by atoms with E-state index in [0.29, 0.717) is 18.1 Å². The van der Waals surface area contributed by atoms with Gasteiger partial charge in [0, 0.05) is 24.2 Å². The van der Waals surface area contributed by atoms with Gasteiger partial charge < -0.3 is 29.6 Å². The van der Waals surface area contributed by atoms with Crippen LogP contribution in [-0.4, -0.2) is 58.9 Å². The topological polar surface area (TPSA) is 99.1 Å². The van der Waals surface area contributed by atoms with E-state index in [2.05, 4.69) is 0 Å². The molecule has 3 aliphatic rings. The molecule has 8 heteroatoms. The van der Waals surface area contributed by atoms with Crippen molar-refractivity contribution in [2.75, 3.05) is 18.1 Å². The molecule has 0 radical (unpaired) electrons. The molecular formula is C14H23KO6S. The number of aliphatic carboxylic acids is 1. The van der Waals surface area contributed by atoms with Gasteiger partial charge in [0.25, 0.3) is 0 Å². The fourth-order valence-corrected chi connectivity index (χ4v) is 3.89. The molecule has 2 N–H and O–H groups in total. The molecule has 3 heterocycles. The molecule has 0 amide bonds. The van der Waals surface area contributed by atoms with Gasteiger partial charge in [-0.15, -0.1) is 0 Å². The van der Waals surface area contributed by atoms with Gasteiger partial charge in [0.15, 0.2) is 6.29 Å². The molecule has 0 spiro atoms. The van der Waals surface area contributed by atoms with Crippen LogP contribution in [0.3, 0.4) is 0 Å². The second-order valence-corrected chi connectivity index (χ2v) is 6.75. The third-order valence-corrected chi connectivity index (χ3v) is 5.11. The summed E-state index contributed by atoms with van der Waals surface area (Å²) in [7, 11) is 0. The average molecular weight is 358 g/mol. The molecule has 0 aromatic rings. The summed E-state index contributed by atoms with van der Waals surface area (Å²) in [6, 6.07) is 0. The number of carboxylic acid groups (broad SMARTS) is 1. The van der Waals surface area contributed by atoms with E-state index in [0.717, 1.165) is 25.7 Å². The zero-order chi connectivity index (χ0) is 15.2. The predicted molar refractivity (Wildman–Crippen MR) is 75.5 cm³/mol. The Balaban J connectivity index is 0.00000242. The number of ether oxygens (including phenoxy) is 2. The molecular weight excluding hydrogens is 335 g/mol. The second kappa shape index (κ2) is 11.0. The van der Waals surface area contributed by atoms with Crippen molar-refractivity contribution in [3.05, 3.63) is 0 Å². The SMILES string of the molecule is O=C([O-])CCSC[C@H]1O[C@@H]2OCCCCC[C@H]1C(O)C2O.[K+]. The Morgan fingerprint density at radius 1 is 1.23 bits per heavy atom. The average Bonchev–Trinajstić information content (AvgIpc) is 2.46. The Morgan fingerprint density at radius 2 is 2.00 bits per heavy atom. The number of aliphatic hydroxyl groups excluding tert-OH is 2. The van der Waals surface area contributed by atoms with Crippen LogP contribution in [0.25, 0.3) is 0 Å². The van der Waals surface area contributed by atoms with Crippen molar-refractivity contribution >= 4 is 17.7 Å². The van der Waals surface area contributed by atoms with Gasteiger partial charge in [-0.2, -0.15) is 11.8 Å². The minimum absolute atomic E-state index is 0. The van der Waals surface area contributed by atoms with E-state index in [-0.39, 0.29) is 69.8 Å². The van der Waals surface area contributed by atoms with E-state index in [9.17, 15) is 20.1 Å². The summed E-state index contributed by atoms with van der Waals surface area (Å²) in [5, 5.41) is 30.7. The Kier molecular flexibility index (Phi) is 10.7. The van der Waals surface area contributed by atoms with E-state index >= 15 is 0 Å². The first-order valence-corrected chi connectivity index (χ1v) is 8.66. The number of thioether (sulfide) groups is 1. The zero-order valence-electron chi connectivity index (χ0n) is 13.0. The third-order valence-electron chi connectivity index (χ3n) is 4.05. The molecule has 0 saturated carbocycles. The van der Waals surface area contributed by atoms with Crippen LogP contribution in [0, 0.1) is 5.92 Å². The molecule has 122 valence electrons. The Bertz CT molecular complexity index is 343. The Labute approximate surface area is 177 Å². The fraction of sp³-hybridized carbons (Fsp3) is 0.929. The minimum atomic E-state index is -1.06. The largest absolute Gasteiger partial charge is 1.00 e. The quantitative estimate of drug-likeness (QED) is 0.389. The number of carboxylic acids is 1. The van der Waals surface area contributed by atoms with Gasteiger partial charge in [-0.3, -0.25) is 0 Å². The number of hydrogen-bond acceptors (Lipinski definition) is 7. The van der Waals surface area contributed by atoms with Crippen LogP contribution in [0.15, 0.2) is 0 Å². The molecule has 2 unspecified atom stereocenters. The number of carbonyl (C=O) groups is 1. The van der Waals surface area contributed by atoms with Crippen molar-refractivity contribution in [2.24, 2.45) is 5.92 Å². The molecule has 5 atom stereocenters. The summed E-state index contributed by atoms with van der Waals surface area (Å²) < 4.78 is 11.3. The van der Waals surface area contributed by atoms with Crippen LogP contribution in [0.4, 0.5) is 0 Å². The first-order chi connectivity index (χ1) is 10.1. The minimum Gasteiger partial charge on any atom is -0.550 e. The van der Waals surface area contributed by atoms with Crippen molar-refractivity contribution in [2.45, 2.75) is 56.7 Å². The molecule has 3 rings (SSSR count). The fourth-order valence-electron chi connectivity index (χ4n) is 2.86. The molecule has 0 aromatic heterocycles. The summed E-state index contributed by atoms with van der Waals surface area (Å²) in [6.45, 7) is 0.518. The third kappa shape index (κ3) is 6.31. The molecule has 3 fully saturated rings. The number of rotatable bonds is 5. The molecule has 3 aliphatic heterocycles. The van der Waals surface area contributed by atoms with Crippen LogP contribution in [0.5, 0.6) is 0 Å². The molecule has 3 saturated heterocycles. The number of carbonyl (C=O) groups excluding carboxylic acids is 1. The maximum absolute atomic E-state index is 10.4. The maximum Gasteiger partial charge on any atom is 1.00 e. The predicted octanol–water partition coefficient (Wildman–Crippen LogP) is -3.48. The van der Waals surface area contributed by atoms with Crippen molar-refractivity contribution < 1.29 is 81.0 Å². The van der Waals surface area contributed by atoms with Crippen LogP contribution in [-0.2, 0) is 14.3 Å². The van der Waals surface area contributed by atoms with Crippen molar-refractivity contribution in [3.8, 4) is 0 Å². The van der Waals surface area contributed by atoms with Gasteiger partial charge in [-0.1, -0.05) is 12.8 Å². The van der Waals surface area contributed by atoms with Crippen LogP contribution < -0.4 is 56.5 Å². The first kappa shape index (κ1) is 21.3. The van der Waals surface area contributed by atoms with Crippen LogP contribution in [0.1, 0.15) is 32.1 Å². The molecule has 0 aromatic carbocycles. The number of hydrogen-bond donors (Lipinski definition) is 2. The van der Waals surface area contributed by atoms with E-state index in [1.54, 1.807) is 0 Å². The van der Waals surface area contributed by atoms with E-state index in [1.807, 2.05) is 0 Å². The summed E-state index contributed by atoms with van der Waals surface area (Å²) in [5.41, 5.74) is 0. The van der Waals surface area contributed by atoms with E-state index in [4.69, 9.17) is 9.47 Å². The maximum atomic E-state index is 10.4. The van der Waals surface area contributed by atoms with Crippen molar-refractivity contribution in [3.63, 3.8) is 0 Å². The van der Waals surface area contributed by atoms with Gasteiger partial charge in [-0.25, -0.2) is 0 Å². The number of fused-ring (bicyclic) bond motifs is 7. The Morgan fingerprint density at radius 3 is 2.73 bits per heavy atom. The smallest absolute Gasteiger partial charge is 0.550 e. The van der Waals surface area contributed by atoms with Crippen LogP contribution >= 0.6 is 11.8 Å². The summed E-state index contributed by atoms with van der Waals surface area (Å²) in [5.74, 6) is -0.149. The van der Waals surface area contributed by atoms with Gasteiger partial charge in [0.2, 0.25) is 0 Å². The summed E-state index contributed by atoms with van der Waals surface area (Å²) >= 11 is 1.46. The Hall–Kier alpha value is 1.30. The van der Waals surface area contributed by atoms with E-state index < -0.39 is 24.5 Å². The van der Waals surface area contributed by atoms with Gasteiger partial charge in [-0.05, 0) is 25.0 Å². The second-order valence-electron chi connectivity index (χ2n) is 5.61. The van der Waals surface area contributed by atoms with Gasteiger partial charge in [0.05, 0.1) is 12.2 Å². The zero-order valence-corrected chi connectivity index (χ0v) is 16.9. The molecule has 0 aliphatic carbocycles. The monoisotopic (exact) mass is 358 g/mol. The molecule has 22 heavy (non-hydrogen) atoms. The standard InChI is InChI=1S/C14H24O6S.K/c15-11(16)5-7-21-8-10-9-4-2-1-3-6-19-14(20-10)13(18)12(9)17;/h9-10,12-14,17-18H,1-8H2,(H,15,16);/q;+1/p-1/t9-,10-,12?,13?,14+;/m1./s1. The number of aliphatic hydroxyl groups is 2. The summed E-state index contributed by atoms with van der Waals surface area (Å²) in [4.78, 5) is 10.4. The van der Waals surface area contributed by atoms with Gasteiger partial charge in [0.1, 0.15) is 6.10 Å². The van der Waals surface area contributed by atoms with Gasteiger partial charge >= 0.3 is 51.4 Å². The molecule has 2 bridgehead atoms. The van der Waals surface area contributed by atoms with E-state index in [1.165, 1.54) is 11.8 Å². The normalized spacial score (nSPS) is 35.6. The van der Waals surface area contributed by atoms with Crippen molar-refractivity contribution in [1.82, 2.24) is 0 Å². The first-order valence-electron chi connectivity index (χ1n) is 7.50. The van der Waals surface area contributed by atoms with Crippen molar-refractivity contribution in [1.29, 1.82) is 0 Å².